The minimum atomic E-state index is 0.946. The van der Waals surface area contributed by atoms with Gasteiger partial charge in [0.25, 0.3) is 0 Å². The first-order valence-corrected chi connectivity index (χ1v) is 10.7. The largest absolute Gasteiger partial charge is 0.162 e. The van der Waals surface area contributed by atoms with Gasteiger partial charge in [0.05, 0.1) is 0 Å². The lowest BCUT2D eigenvalue weighted by atomic mass is 9.82. The molecule has 2 aliphatic rings. The predicted octanol–water partition coefficient (Wildman–Crippen LogP) is 6.69. The molecule has 3 atom stereocenters. The highest BCUT2D eigenvalue weighted by Crippen LogP contribution is 2.39. The highest BCUT2D eigenvalue weighted by Gasteiger charge is 2.27. The van der Waals surface area contributed by atoms with E-state index in [1.54, 1.807) is 19.3 Å². The van der Waals surface area contributed by atoms with Gasteiger partial charge in [-0.3, -0.25) is 0 Å². The number of hydrogen-bond donors (Lipinski definition) is 0. The van der Waals surface area contributed by atoms with Crippen LogP contribution in [0.1, 0.15) is 90.4 Å². The van der Waals surface area contributed by atoms with Crippen LogP contribution in [0.25, 0.3) is 0 Å². The van der Waals surface area contributed by atoms with Crippen molar-refractivity contribution in [3.05, 3.63) is 0 Å². The molecule has 1 heteroatoms. The van der Waals surface area contributed by atoms with E-state index in [1.807, 2.05) is 0 Å². The van der Waals surface area contributed by atoms with Crippen molar-refractivity contribution in [1.82, 2.24) is 0 Å². The molecule has 0 nitrogen and oxygen atoms in total. The van der Waals surface area contributed by atoms with Crippen molar-refractivity contribution in [2.75, 3.05) is 6.26 Å². The molecule has 0 heterocycles. The van der Waals surface area contributed by atoms with Crippen LogP contribution < -0.4 is 0 Å². The van der Waals surface area contributed by atoms with Gasteiger partial charge < -0.3 is 0 Å². The van der Waals surface area contributed by atoms with Crippen LogP contribution in [0.2, 0.25) is 0 Å². The van der Waals surface area contributed by atoms with Crippen LogP contribution in [0.5, 0.6) is 0 Å². The molecule has 0 spiro atoms. The number of thioether (sulfide) groups is 1. The van der Waals surface area contributed by atoms with Gasteiger partial charge >= 0.3 is 0 Å². The Morgan fingerprint density at radius 1 is 0.700 bits per heavy atom. The van der Waals surface area contributed by atoms with Gasteiger partial charge in [0.2, 0.25) is 0 Å². The summed E-state index contributed by atoms with van der Waals surface area (Å²) in [4.78, 5) is 0. The average molecular weight is 297 g/mol. The molecule has 0 amide bonds. The fourth-order valence-electron chi connectivity index (χ4n) is 4.79. The lowest BCUT2D eigenvalue weighted by Gasteiger charge is -2.28. The summed E-state index contributed by atoms with van der Waals surface area (Å²) in [5.41, 5.74) is 0. The third-order valence-corrected chi connectivity index (χ3v) is 7.37. The van der Waals surface area contributed by atoms with Crippen LogP contribution in [0.3, 0.4) is 0 Å². The molecule has 0 N–H and O–H groups in total. The maximum Gasteiger partial charge on any atom is 0.00725 e. The van der Waals surface area contributed by atoms with Crippen LogP contribution >= 0.6 is 11.8 Å². The van der Waals surface area contributed by atoms with Crippen molar-refractivity contribution in [3.8, 4) is 0 Å². The molecule has 0 aliphatic heterocycles. The van der Waals surface area contributed by atoms with E-state index in [1.165, 1.54) is 64.2 Å². The molecule has 2 fully saturated rings. The second kappa shape index (κ2) is 9.38. The first-order valence-electron chi connectivity index (χ1n) is 9.38. The summed E-state index contributed by atoms with van der Waals surface area (Å²) in [5.74, 6) is 3.16. The summed E-state index contributed by atoms with van der Waals surface area (Å²) < 4.78 is 0. The van der Waals surface area contributed by atoms with Crippen molar-refractivity contribution in [1.29, 1.82) is 0 Å². The zero-order valence-electron chi connectivity index (χ0n) is 13.9. The lowest BCUT2D eigenvalue weighted by Crippen LogP contribution is -2.20. The van der Waals surface area contributed by atoms with Gasteiger partial charge in [0, 0.05) is 5.25 Å². The van der Waals surface area contributed by atoms with E-state index in [0.717, 1.165) is 23.0 Å². The summed E-state index contributed by atoms with van der Waals surface area (Å²) in [7, 11) is 0. The Bertz CT molecular complexity index is 244. The summed E-state index contributed by atoms with van der Waals surface area (Å²) in [6, 6.07) is 0. The van der Waals surface area contributed by atoms with Crippen molar-refractivity contribution in [2.45, 2.75) is 95.6 Å². The molecule has 3 unspecified atom stereocenters. The third-order valence-electron chi connectivity index (χ3n) is 6.14. The van der Waals surface area contributed by atoms with Crippen molar-refractivity contribution in [2.24, 2.45) is 17.8 Å². The maximum absolute atomic E-state index is 2.42. The molecule has 0 aromatic heterocycles. The van der Waals surface area contributed by atoms with Gasteiger partial charge in [-0.05, 0) is 43.3 Å². The van der Waals surface area contributed by atoms with Gasteiger partial charge in [0.15, 0.2) is 0 Å². The Kier molecular flexibility index (Phi) is 7.84. The summed E-state index contributed by atoms with van der Waals surface area (Å²) in [6.07, 6.45) is 22.0. The van der Waals surface area contributed by atoms with Gasteiger partial charge in [-0.25, -0.2) is 0 Å². The lowest BCUT2D eigenvalue weighted by molar-refractivity contribution is 0.279. The average Bonchev–Trinajstić information content (AvgIpc) is 2.98. The van der Waals surface area contributed by atoms with Gasteiger partial charge in [-0.15, -0.1) is 0 Å². The van der Waals surface area contributed by atoms with Crippen molar-refractivity contribution >= 4 is 11.8 Å². The SMILES string of the molecule is CCC1CCCCCCC(C2CCCC2)CCC1SC. The standard InChI is InChI=1S/C19H36S/c1-3-16-10-6-4-5-7-11-18(14-15-19(16)20-2)17-12-8-9-13-17/h16-19H,3-15H2,1-2H3. The van der Waals surface area contributed by atoms with Crippen molar-refractivity contribution in [3.63, 3.8) is 0 Å². The minimum absolute atomic E-state index is 0.946. The van der Waals surface area contributed by atoms with Crippen LogP contribution in [0, 0.1) is 17.8 Å². The summed E-state index contributed by atoms with van der Waals surface area (Å²) in [5, 5.41) is 0.946. The normalized spacial score (nSPS) is 34.8. The van der Waals surface area contributed by atoms with E-state index in [-0.39, 0.29) is 0 Å². The monoisotopic (exact) mass is 296 g/mol. The molecule has 0 saturated heterocycles. The number of rotatable bonds is 3. The van der Waals surface area contributed by atoms with E-state index < -0.39 is 0 Å². The Morgan fingerprint density at radius 3 is 1.85 bits per heavy atom. The molecule has 0 aromatic carbocycles. The first-order chi connectivity index (χ1) is 9.85. The highest BCUT2D eigenvalue weighted by molar-refractivity contribution is 7.99. The fourth-order valence-corrected chi connectivity index (χ4v) is 5.87. The van der Waals surface area contributed by atoms with E-state index in [9.17, 15) is 0 Å². The molecule has 2 rings (SSSR count). The molecular weight excluding hydrogens is 260 g/mol. The second-order valence-corrected chi connectivity index (χ2v) is 8.39. The molecular formula is C19H36S. The van der Waals surface area contributed by atoms with E-state index >= 15 is 0 Å². The first kappa shape index (κ1) is 16.7. The van der Waals surface area contributed by atoms with E-state index in [4.69, 9.17) is 0 Å². The van der Waals surface area contributed by atoms with Crippen LogP contribution in [0.4, 0.5) is 0 Å². The molecule has 2 saturated carbocycles. The molecule has 118 valence electrons. The second-order valence-electron chi connectivity index (χ2n) is 7.32. The van der Waals surface area contributed by atoms with Gasteiger partial charge in [-0.2, -0.15) is 11.8 Å². The summed E-state index contributed by atoms with van der Waals surface area (Å²) >= 11 is 2.17. The van der Waals surface area contributed by atoms with E-state index in [0.29, 0.717) is 0 Å². The van der Waals surface area contributed by atoms with E-state index in [2.05, 4.69) is 24.9 Å². The fraction of sp³-hybridized carbons (Fsp3) is 1.00. The molecule has 0 radical (unpaired) electrons. The molecule has 2 aliphatic carbocycles. The predicted molar refractivity (Wildman–Crippen MR) is 93.5 cm³/mol. The Labute approximate surface area is 131 Å². The summed E-state index contributed by atoms with van der Waals surface area (Å²) in [6.45, 7) is 2.42. The third kappa shape index (κ3) is 4.97. The van der Waals surface area contributed by atoms with Crippen LogP contribution in [0.15, 0.2) is 0 Å². The van der Waals surface area contributed by atoms with Gasteiger partial charge in [-0.1, -0.05) is 71.1 Å². The maximum atomic E-state index is 2.42. The quantitative estimate of drug-likeness (QED) is 0.559. The highest BCUT2D eigenvalue weighted by atomic mass is 32.2. The minimum Gasteiger partial charge on any atom is -0.162 e. The zero-order chi connectivity index (χ0) is 14.2. The van der Waals surface area contributed by atoms with Gasteiger partial charge in [0.1, 0.15) is 0 Å². The Morgan fingerprint density at radius 2 is 1.25 bits per heavy atom. The molecule has 20 heavy (non-hydrogen) atoms. The molecule has 0 aromatic rings. The zero-order valence-corrected chi connectivity index (χ0v) is 14.7. The smallest absolute Gasteiger partial charge is 0.00725 e. The topological polar surface area (TPSA) is 0 Å². The van der Waals surface area contributed by atoms with Crippen LogP contribution in [-0.2, 0) is 0 Å². The number of hydrogen-bond acceptors (Lipinski definition) is 1. The Hall–Kier alpha value is 0.350. The Balaban J connectivity index is 1.94. The molecule has 0 bridgehead atoms. The van der Waals surface area contributed by atoms with Crippen molar-refractivity contribution < 1.29 is 0 Å². The van der Waals surface area contributed by atoms with Crippen LogP contribution in [-0.4, -0.2) is 11.5 Å².